The van der Waals surface area contributed by atoms with Crippen LogP contribution in [0.5, 0.6) is 0 Å². The Morgan fingerprint density at radius 3 is 2.26 bits per heavy atom. The molecule has 0 amide bonds. The van der Waals surface area contributed by atoms with Crippen LogP contribution in [0.1, 0.15) is 99.3 Å². The Kier molecular flexibility index (Phi) is 14.6. The molecule has 5 aromatic rings. The predicted octanol–water partition coefficient (Wildman–Crippen LogP) is 11.4. The van der Waals surface area contributed by atoms with Gasteiger partial charge in [-0.2, -0.15) is 0 Å². The monoisotopic (exact) mass is 852 g/mol. The third-order valence-corrected chi connectivity index (χ3v) is 9.38. The molecule has 5 rings (SSSR count). The molecule has 1 radical (unpaired) electrons. The number of aliphatic hydroxyl groups excluding tert-OH is 1. The summed E-state index contributed by atoms with van der Waals surface area (Å²) in [5.74, 6) is 1.04. The van der Waals surface area contributed by atoms with Gasteiger partial charge in [-0.3, -0.25) is 4.79 Å². The Labute approximate surface area is 313 Å². The Morgan fingerprint density at radius 2 is 1.64 bits per heavy atom. The third kappa shape index (κ3) is 9.74. The molecule has 3 heterocycles. The molecule has 1 N–H and O–H groups in total. The van der Waals surface area contributed by atoms with E-state index in [1.54, 1.807) is 6.26 Å². The molecule has 0 fully saturated rings. The van der Waals surface area contributed by atoms with Gasteiger partial charge in [-0.1, -0.05) is 91.5 Å². The van der Waals surface area contributed by atoms with Gasteiger partial charge in [-0.05, 0) is 73.3 Å². The average Bonchev–Trinajstić information content (AvgIpc) is 3.54. The van der Waals surface area contributed by atoms with Gasteiger partial charge < -0.3 is 14.1 Å². The van der Waals surface area contributed by atoms with Crippen molar-refractivity contribution >= 4 is 27.5 Å². The molecule has 0 saturated heterocycles. The number of allylic oxidation sites excluding steroid dienone is 2. The maximum absolute atomic E-state index is 11.7. The molecule has 0 aliphatic rings. The summed E-state index contributed by atoms with van der Waals surface area (Å²) < 4.78 is 7.68. The van der Waals surface area contributed by atoms with E-state index < -0.39 is 0 Å². The standard InChI is InChI=1S/C31H31N2O.C13H24O2.Ir/c1-20(2)15-28-30-23(12-14-34-30)18-27(32-28)22-11-13-33(6)29(19-22)24-16-21-9-7-8-10-25(21)26(17-24)31(3,4)5;1-5-10(6-2)12(14)9-13(15)11(7-3)8-4;/h7-14,17-20H,6,15H2,1-5H3;9-11,14H,5-8H2,1-4H3;/q-1;;/b;12-9-;. The van der Waals surface area contributed by atoms with Gasteiger partial charge in [-0.15, -0.1) is 29.1 Å². The second-order valence-corrected chi connectivity index (χ2v) is 14.6. The molecule has 0 aliphatic heterocycles. The van der Waals surface area contributed by atoms with E-state index in [2.05, 4.69) is 96.3 Å². The normalized spacial score (nSPS) is 12.0. The van der Waals surface area contributed by atoms with Gasteiger partial charge >= 0.3 is 0 Å². The zero-order valence-electron chi connectivity index (χ0n) is 31.4. The van der Waals surface area contributed by atoms with E-state index in [-0.39, 0.29) is 48.9 Å². The van der Waals surface area contributed by atoms with Gasteiger partial charge in [-0.25, -0.2) is 4.98 Å². The van der Waals surface area contributed by atoms with E-state index in [1.807, 2.05) is 44.5 Å². The summed E-state index contributed by atoms with van der Waals surface area (Å²) in [6, 6.07) is 22.8. The van der Waals surface area contributed by atoms with Crippen molar-refractivity contribution in [1.82, 2.24) is 4.98 Å². The number of hydrogen-bond acceptors (Lipinski definition) is 4. The number of carbonyl (C=O) groups excluding carboxylic acids is 1. The van der Waals surface area contributed by atoms with Crippen LogP contribution < -0.4 is 4.57 Å². The smallest absolute Gasteiger partial charge is 0.162 e. The van der Waals surface area contributed by atoms with E-state index in [0.717, 1.165) is 76.7 Å². The first-order valence-corrected chi connectivity index (χ1v) is 17.9. The number of aromatic nitrogens is 2. The van der Waals surface area contributed by atoms with Gasteiger partial charge in [0.15, 0.2) is 11.4 Å². The number of aliphatic hydroxyl groups is 1. The summed E-state index contributed by atoms with van der Waals surface area (Å²) in [6.07, 6.45) is 9.54. The number of nitrogens with zero attached hydrogens (tertiary/aromatic N) is 2. The van der Waals surface area contributed by atoms with Crippen LogP contribution in [-0.4, -0.2) is 15.9 Å². The Morgan fingerprint density at radius 1 is 0.980 bits per heavy atom. The molecule has 0 bridgehead atoms. The number of hydrogen-bond donors (Lipinski definition) is 1. The number of ketones is 1. The molecular weight excluding hydrogens is 797 g/mol. The molecule has 0 spiro atoms. The summed E-state index contributed by atoms with van der Waals surface area (Å²) in [5, 5.41) is 13.2. The van der Waals surface area contributed by atoms with Crippen molar-refractivity contribution in [3.8, 4) is 22.5 Å². The summed E-state index contributed by atoms with van der Waals surface area (Å²) >= 11 is 0. The molecule has 269 valence electrons. The average molecular weight is 852 g/mol. The van der Waals surface area contributed by atoms with Crippen LogP contribution in [0.2, 0.25) is 0 Å². The van der Waals surface area contributed by atoms with Crippen LogP contribution >= 0.6 is 0 Å². The number of rotatable bonds is 11. The summed E-state index contributed by atoms with van der Waals surface area (Å²) in [5.41, 5.74) is 7.25. The van der Waals surface area contributed by atoms with Crippen LogP contribution in [-0.2, 0) is 36.7 Å². The minimum atomic E-state index is 0. The second kappa shape index (κ2) is 18.0. The number of benzene rings is 2. The predicted molar refractivity (Wildman–Crippen MR) is 203 cm³/mol. The van der Waals surface area contributed by atoms with E-state index in [4.69, 9.17) is 9.40 Å². The fourth-order valence-corrected chi connectivity index (χ4v) is 6.40. The Balaban J connectivity index is 0.000000361. The van der Waals surface area contributed by atoms with E-state index in [1.165, 1.54) is 17.0 Å². The number of carbonyl (C=O) groups is 1. The molecular formula is C44H55IrN2O3-. The van der Waals surface area contributed by atoms with Crippen molar-refractivity contribution in [2.45, 2.75) is 99.8 Å². The molecule has 5 nitrogen and oxygen atoms in total. The van der Waals surface area contributed by atoms with Gasteiger partial charge in [0.05, 0.1) is 29.6 Å². The second-order valence-electron chi connectivity index (χ2n) is 14.6. The van der Waals surface area contributed by atoms with E-state index in [0.29, 0.717) is 5.92 Å². The first kappa shape index (κ1) is 40.7. The zero-order chi connectivity index (χ0) is 35.9. The van der Waals surface area contributed by atoms with E-state index in [9.17, 15) is 9.90 Å². The summed E-state index contributed by atoms with van der Waals surface area (Å²) in [7, 11) is 4.26. The molecule has 3 aromatic heterocycles. The molecule has 0 unspecified atom stereocenters. The van der Waals surface area contributed by atoms with Gasteiger partial charge in [0.1, 0.15) is 5.69 Å². The first-order chi connectivity index (χ1) is 23.3. The summed E-state index contributed by atoms with van der Waals surface area (Å²) in [4.78, 5) is 16.7. The molecule has 0 atom stereocenters. The zero-order valence-corrected chi connectivity index (χ0v) is 33.8. The number of fused-ring (bicyclic) bond motifs is 2. The molecule has 0 saturated carbocycles. The quantitative estimate of drug-likeness (QED) is 0.0622. The first-order valence-electron chi connectivity index (χ1n) is 17.9. The fraction of sp³-hybridized carbons (Fsp3) is 0.409. The third-order valence-electron chi connectivity index (χ3n) is 9.38. The maximum atomic E-state index is 11.7. The minimum Gasteiger partial charge on any atom is -0.512 e. The van der Waals surface area contributed by atoms with Gasteiger partial charge in [0.2, 0.25) is 0 Å². The number of pyridine rings is 2. The van der Waals surface area contributed by atoms with Crippen molar-refractivity contribution in [3.05, 3.63) is 103 Å². The van der Waals surface area contributed by atoms with Crippen LogP contribution in [0.25, 0.3) is 44.3 Å². The van der Waals surface area contributed by atoms with E-state index >= 15 is 0 Å². The van der Waals surface area contributed by atoms with Crippen molar-refractivity contribution in [3.63, 3.8) is 0 Å². The molecule has 2 aromatic carbocycles. The fourth-order valence-electron chi connectivity index (χ4n) is 6.40. The molecule has 6 heteroatoms. The Hall–Kier alpha value is -3.73. The van der Waals surface area contributed by atoms with Crippen LogP contribution in [0, 0.1) is 30.9 Å². The van der Waals surface area contributed by atoms with Crippen molar-refractivity contribution in [2.75, 3.05) is 0 Å². The SMILES string of the molecule is CCC(CC)C(=O)/C=C(\O)C(CC)CC.[CH2-][n+]1ccc(-c2cc3ccoc3c(CC(C)C)n2)cc1-c1[c-]c2ccccc2c(C(C)(C)C)c1.[Ir]. The van der Waals surface area contributed by atoms with Crippen LogP contribution in [0.15, 0.2) is 83.3 Å². The van der Waals surface area contributed by atoms with Crippen molar-refractivity contribution in [2.24, 2.45) is 17.8 Å². The van der Waals surface area contributed by atoms with Gasteiger partial charge in [0, 0.05) is 50.5 Å². The topological polar surface area (TPSA) is 67.2 Å². The van der Waals surface area contributed by atoms with Crippen molar-refractivity contribution in [1.29, 1.82) is 0 Å². The van der Waals surface area contributed by atoms with Crippen molar-refractivity contribution < 1.29 is 39.0 Å². The maximum Gasteiger partial charge on any atom is 0.162 e. The van der Waals surface area contributed by atoms with Gasteiger partial charge in [0.25, 0.3) is 0 Å². The molecule has 0 aliphatic carbocycles. The number of furan rings is 1. The largest absolute Gasteiger partial charge is 0.512 e. The van der Waals surface area contributed by atoms with Crippen LogP contribution in [0.4, 0.5) is 0 Å². The minimum absolute atomic E-state index is 0. The molecule has 50 heavy (non-hydrogen) atoms. The summed E-state index contributed by atoms with van der Waals surface area (Å²) in [6.45, 7) is 19.3. The van der Waals surface area contributed by atoms with Crippen LogP contribution in [0.3, 0.4) is 0 Å². The Bertz CT molecular complexity index is 1910.